The summed E-state index contributed by atoms with van der Waals surface area (Å²) in [6, 6.07) is 7.69. The fourth-order valence-electron chi connectivity index (χ4n) is 1.70. The van der Waals surface area contributed by atoms with Gasteiger partial charge >= 0.3 is 0 Å². The Bertz CT molecular complexity index is 449. The fourth-order valence-corrected chi connectivity index (χ4v) is 1.70. The van der Waals surface area contributed by atoms with Crippen LogP contribution in [0.4, 0.5) is 0 Å². The van der Waals surface area contributed by atoms with Crippen molar-refractivity contribution >= 4 is 5.78 Å². The average Bonchev–Trinajstić information content (AvgIpc) is 2.22. The van der Waals surface area contributed by atoms with Crippen molar-refractivity contribution in [3.63, 3.8) is 0 Å². The predicted molar refractivity (Wildman–Crippen MR) is 64.3 cm³/mol. The Balaban J connectivity index is 2.07. The summed E-state index contributed by atoms with van der Waals surface area (Å²) in [6.45, 7) is 3.60. The van der Waals surface area contributed by atoms with E-state index >= 15 is 0 Å². The van der Waals surface area contributed by atoms with E-state index in [1.54, 1.807) is 6.92 Å². The van der Waals surface area contributed by atoms with Gasteiger partial charge in [0.1, 0.15) is 0 Å². The van der Waals surface area contributed by atoms with Crippen LogP contribution in [0.1, 0.15) is 22.8 Å². The third-order valence-corrected chi connectivity index (χ3v) is 2.76. The molecule has 0 radical (unpaired) electrons. The number of rotatable bonds is 2. The maximum Gasteiger partial charge on any atom is 0.160 e. The van der Waals surface area contributed by atoms with Crippen LogP contribution in [0, 0.1) is 17.8 Å². The van der Waals surface area contributed by atoms with E-state index in [1.807, 2.05) is 24.3 Å². The average molecular weight is 213 g/mol. The highest BCUT2D eigenvalue weighted by molar-refractivity contribution is 5.95. The summed E-state index contributed by atoms with van der Waals surface area (Å²) in [5, 5.41) is 3.18. The van der Waals surface area contributed by atoms with Gasteiger partial charge in [-0.25, -0.2) is 0 Å². The molecule has 0 bridgehead atoms. The second kappa shape index (κ2) is 4.96. The molecule has 1 saturated heterocycles. The van der Waals surface area contributed by atoms with E-state index in [4.69, 9.17) is 0 Å². The van der Waals surface area contributed by atoms with Gasteiger partial charge in [0.15, 0.2) is 5.78 Å². The number of ketones is 1. The monoisotopic (exact) mass is 213 g/mol. The van der Waals surface area contributed by atoms with Gasteiger partial charge in [-0.05, 0) is 12.5 Å². The molecule has 2 heteroatoms. The van der Waals surface area contributed by atoms with Crippen molar-refractivity contribution in [1.82, 2.24) is 5.32 Å². The van der Waals surface area contributed by atoms with Crippen LogP contribution in [0.3, 0.4) is 0 Å². The summed E-state index contributed by atoms with van der Waals surface area (Å²) in [7, 11) is 0. The van der Waals surface area contributed by atoms with Crippen LogP contribution in [-0.4, -0.2) is 18.9 Å². The second-order valence-electron chi connectivity index (χ2n) is 4.07. The lowest BCUT2D eigenvalue weighted by Gasteiger charge is -2.21. The molecule has 1 aromatic carbocycles. The molecule has 0 amide bonds. The van der Waals surface area contributed by atoms with Crippen molar-refractivity contribution in [2.45, 2.75) is 13.3 Å². The standard InChI is InChI=1S/C14H15NO/c1-11(16)14-8-3-2-6-13(14)7-4-5-12-9-15-10-12/h2-3,6,8,12,15H,7,9-10H2,1H3. The molecule has 2 rings (SSSR count). The zero-order valence-electron chi connectivity index (χ0n) is 9.42. The van der Waals surface area contributed by atoms with E-state index in [9.17, 15) is 4.79 Å². The lowest BCUT2D eigenvalue weighted by molar-refractivity contribution is 0.101. The van der Waals surface area contributed by atoms with Crippen molar-refractivity contribution in [1.29, 1.82) is 0 Å². The number of Topliss-reactive ketones (excluding diaryl/α,β-unsaturated/α-hetero) is 1. The Morgan fingerprint density at radius 2 is 2.19 bits per heavy atom. The van der Waals surface area contributed by atoms with Crippen molar-refractivity contribution < 1.29 is 4.79 Å². The minimum Gasteiger partial charge on any atom is -0.314 e. The molecule has 1 aliphatic heterocycles. The zero-order valence-corrected chi connectivity index (χ0v) is 9.42. The molecule has 0 aromatic heterocycles. The lowest BCUT2D eigenvalue weighted by Crippen LogP contribution is -2.40. The molecule has 0 aliphatic carbocycles. The van der Waals surface area contributed by atoms with Gasteiger partial charge in [0.2, 0.25) is 0 Å². The van der Waals surface area contributed by atoms with Crippen molar-refractivity contribution in [3.8, 4) is 11.8 Å². The largest absolute Gasteiger partial charge is 0.314 e. The Hall–Kier alpha value is -1.59. The van der Waals surface area contributed by atoms with Crippen molar-refractivity contribution in [2.24, 2.45) is 5.92 Å². The summed E-state index contributed by atoms with van der Waals surface area (Å²) >= 11 is 0. The van der Waals surface area contributed by atoms with E-state index < -0.39 is 0 Å². The summed E-state index contributed by atoms with van der Waals surface area (Å²) in [5.74, 6) is 6.98. The van der Waals surface area contributed by atoms with E-state index in [-0.39, 0.29) is 5.78 Å². The summed E-state index contributed by atoms with van der Waals surface area (Å²) in [5.41, 5.74) is 1.83. The quantitative estimate of drug-likeness (QED) is 0.598. The smallest absolute Gasteiger partial charge is 0.160 e. The van der Waals surface area contributed by atoms with E-state index in [0.29, 0.717) is 12.3 Å². The maximum atomic E-state index is 11.4. The Kier molecular flexibility index (Phi) is 3.38. The Labute approximate surface area is 96.1 Å². The summed E-state index contributed by atoms with van der Waals surface area (Å²) in [6.07, 6.45) is 0.673. The molecule has 0 saturated carbocycles. The molecule has 1 heterocycles. The van der Waals surface area contributed by atoms with Gasteiger partial charge in [0.25, 0.3) is 0 Å². The molecule has 0 unspecified atom stereocenters. The van der Waals surface area contributed by atoms with E-state index in [2.05, 4.69) is 17.2 Å². The van der Waals surface area contributed by atoms with Gasteiger partial charge in [-0.15, -0.1) is 0 Å². The highest BCUT2D eigenvalue weighted by Crippen LogP contribution is 2.10. The number of carbonyl (C=O) groups is 1. The zero-order chi connectivity index (χ0) is 11.4. The van der Waals surface area contributed by atoms with Crippen molar-refractivity contribution in [2.75, 3.05) is 13.1 Å². The van der Waals surface area contributed by atoms with Crippen LogP contribution in [0.5, 0.6) is 0 Å². The van der Waals surface area contributed by atoms with Crippen LogP contribution >= 0.6 is 0 Å². The number of benzene rings is 1. The van der Waals surface area contributed by atoms with Gasteiger partial charge < -0.3 is 5.32 Å². The van der Waals surface area contributed by atoms with Crippen LogP contribution in [0.15, 0.2) is 24.3 Å². The Morgan fingerprint density at radius 1 is 1.44 bits per heavy atom. The fraction of sp³-hybridized carbons (Fsp3) is 0.357. The molecular weight excluding hydrogens is 198 g/mol. The predicted octanol–water partition coefficient (Wildman–Crippen LogP) is 1.65. The van der Waals surface area contributed by atoms with E-state index in [1.165, 1.54) is 0 Å². The molecular formula is C14H15NO. The summed E-state index contributed by atoms with van der Waals surface area (Å²) < 4.78 is 0. The first-order valence-corrected chi connectivity index (χ1v) is 5.55. The van der Waals surface area contributed by atoms with Crippen LogP contribution in [0.2, 0.25) is 0 Å². The summed E-state index contributed by atoms with van der Waals surface area (Å²) in [4.78, 5) is 11.4. The van der Waals surface area contributed by atoms with Gasteiger partial charge in [-0.1, -0.05) is 36.1 Å². The molecule has 0 atom stereocenters. The molecule has 1 aromatic rings. The normalized spacial score (nSPS) is 14.8. The number of hydrogen-bond acceptors (Lipinski definition) is 2. The number of hydrogen-bond donors (Lipinski definition) is 1. The molecule has 1 aliphatic rings. The molecule has 82 valence electrons. The number of nitrogens with one attached hydrogen (secondary N) is 1. The molecule has 2 nitrogen and oxygen atoms in total. The molecule has 1 fully saturated rings. The molecule has 0 spiro atoms. The highest BCUT2D eigenvalue weighted by Gasteiger charge is 2.12. The highest BCUT2D eigenvalue weighted by atomic mass is 16.1. The number of carbonyl (C=O) groups excluding carboxylic acids is 1. The first-order chi connectivity index (χ1) is 7.77. The lowest BCUT2D eigenvalue weighted by atomic mass is 10.0. The molecule has 1 N–H and O–H groups in total. The van der Waals surface area contributed by atoms with Gasteiger partial charge in [-0.2, -0.15) is 0 Å². The van der Waals surface area contributed by atoms with E-state index in [0.717, 1.165) is 24.2 Å². The third-order valence-electron chi connectivity index (χ3n) is 2.76. The van der Waals surface area contributed by atoms with Crippen LogP contribution in [0.25, 0.3) is 0 Å². The Morgan fingerprint density at radius 3 is 2.81 bits per heavy atom. The van der Waals surface area contributed by atoms with Crippen LogP contribution in [-0.2, 0) is 6.42 Å². The minimum atomic E-state index is 0.114. The van der Waals surface area contributed by atoms with Gasteiger partial charge in [0.05, 0.1) is 0 Å². The van der Waals surface area contributed by atoms with Gasteiger partial charge in [0, 0.05) is 31.0 Å². The second-order valence-corrected chi connectivity index (χ2v) is 4.07. The first-order valence-electron chi connectivity index (χ1n) is 5.55. The van der Waals surface area contributed by atoms with Crippen molar-refractivity contribution in [3.05, 3.63) is 35.4 Å². The van der Waals surface area contributed by atoms with Gasteiger partial charge in [-0.3, -0.25) is 4.79 Å². The van der Waals surface area contributed by atoms with Crippen LogP contribution < -0.4 is 5.32 Å². The first kappa shape index (κ1) is 10.9. The third kappa shape index (κ3) is 2.50. The topological polar surface area (TPSA) is 29.1 Å². The molecule has 16 heavy (non-hydrogen) atoms. The maximum absolute atomic E-state index is 11.4. The minimum absolute atomic E-state index is 0.114. The SMILES string of the molecule is CC(=O)c1ccccc1CC#CC1CNC1.